The van der Waals surface area contributed by atoms with Crippen LogP contribution >= 0.6 is 0 Å². The summed E-state index contributed by atoms with van der Waals surface area (Å²) < 4.78 is 66.9. The van der Waals surface area contributed by atoms with Crippen LogP contribution in [0.5, 0.6) is 0 Å². The van der Waals surface area contributed by atoms with E-state index in [4.69, 9.17) is 0 Å². The van der Waals surface area contributed by atoms with Crippen LogP contribution in [0.2, 0.25) is 0 Å². The van der Waals surface area contributed by atoms with Gasteiger partial charge in [-0.3, -0.25) is 0 Å². The second-order valence-corrected chi connectivity index (χ2v) is 10.0. The monoisotopic (exact) mass is 515 g/mol. The van der Waals surface area contributed by atoms with Crippen LogP contribution in [0, 0.1) is 0 Å². The van der Waals surface area contributed by atoms with Gasteiger partial charge in [-0.1, -0.05) is 48.5 Å². The van der Waals surface area contributed by atoms with E-state index in [2.05, 4.69) is 20.0 Å². The van der Waals surface area contributed by atoms with Crippen LogP contribution in [0.15, 0.2) is 77.7 Å². The fourth-order valence-electron chi connectivity index (χ4n) is 3.63. The molecule has 11 heteroatoms. The normalized spacial score (nSPS) is 12.0. The van der Waals surface area contributed by atoms with Crippen LogP contribution in [0.1, 0.15) is 16.7 Å². The number of hydrogen-bond acceptors (Lipinski definition) is 6. The van der Waals surface area contributed by atoms with Gasteiger partial charge in [0, 0.05) is 32.6 Å². The number of anilines is 2. The predicted molar refractivity (Wildman–Crippen MR) is 133 cm³/mol. The highest BCUT2D eigenvalue weighted by Crippen LogP contribution is 2.34. The van der Waals surface area contributed by atoms with Crippen LogP contribution in [0.25, 0.3) is 10.9 Å². The Morgan fingerprint density at radius 2 is 1.44 bits per heavy atom. The molecule has 0 radical (unpaired) electrons. The van der Waals surface area contributed by atoms with Crippen LogP contribution < -0.4 is 14.9 Å². The van der Waals surface area contributed by atoms with Crippen LogP contribution in [0.3, 0.4) is 0 Å². The number of alkyl halides is 3. The molecule has 0 spiro atoms. The van der Waals surface area contributed by atoms with Gasteiger partial charge >= 0.3 is 6.18 Å². The topological polar surface area (TPSA) is 87.2 Å². The molecule has 3 aromatic carbocycles. The van der Waals surface area contributed by atoms with E-state index < -0.39 is 26.7 Å². The second kappa shape index (κ2) is 10.1. The van der Waals surface area contributed by atoms with E-state index in [1.807, 2.05) is 43.3 Å². The molecule has 4 rings (SSSR count). The molecule has 188 valence electrons. The summed E-state index contributed by atoms with van der Waals surface area (Å²) in [6, 6.07) is 18.8. The molecule has 1 aromatic heterocycles. The van der Waals surface area contributed by atoms with E-state index in [-0.39, 0.29) is 6.54 Å². The van der Waals surface area contributed by atoms with E-state index in [9.17, 15) is 21.6 Å². The molecule has 0 aliphatic heterocycles. The Hall–Kier alpha value is -3.70. The summed E-state index contributed by atoms with van der Waals surface area (Å²) in [7, 11) is -0.541. The molecule has 0 aliphatic rings. The third-order valence-electron chi connectivity index (χ3n) is 5.43. The Morgan fingerprint density at radius 3 is 2.11 bits per heavy atom. The zero-order valence-electron chi connectivity index (χ0n) is 19.5. The first-order valence-electron chi connectivity index (χ1n) is 11.0. The van der Waals surface area contributed by atoms with Gasteiger partial charge in [-0.15, -0.1) is 0 Å². The van der Waals surface area contributed by atoms with Gasteiger partial charge < -0.3 is 10.2 Å². The molecule has 4 aromatic rings. The summed E-state index contributed by atoms with van der Waals surface area (Å²) in [4.78, 5) is 10.3. The highest BCUT2D eigenvalue weighted by atomic mass is 32.2. The van der Waals surface area contributed by atoms with Crippen LogP contribution in [0.4, 0.5) is 24.9 Å². The maximum atomic E-state index is 13.2. The van der Waals surface area contributed by atoms with Crippen molar-refractivity contribution in [1.29, 1.82) is 0 Å². The minimum absolute atomic E-state index is 0.151. The lowest BCUT2D eigenvalue weighted by atomic mass is 10.1. The number of nitrogens with zero attached hydrogens (tertiary/aromatic N) is 3. The summed E-state index contributed by atoms with van der Waals surface area (Å²) >= 11 is 0. The minimum atomic E-state index is -4.78. The third-order valence-corrected chi connectivity index (χ3v) is 6.89. The van der Waals surface area contributed by atoms with E-state index in [0.717, 1.165) is 40.5 Å². The molecule has 0 saturated carbocycles. The molecule has 7 nitrogen and oxygen atoms in total. The van der Waals surface area contributed by atoms with Crippen molar-refractivity contribution in [3.05, 3.63) is 89.5 Å². The summed E-state index contributed by atoms with van der Waals surface area (Å²) in [5, 5.41) is 4.14. The smallest absolute Gasteiger partial charge is 0.362 e. The van der Waals surface area contributed by atoms with Crippen LogP contribution in [-0.2, 0) is 29.3 Å². The molecular weight excluding hydrogens is 491 g/mol. The molecule has 0 fully saturated rings. The Labute approximate surface area is 207 Å². The first-order chi connectivity index (χ1) is 17.0. The van der Waals surface area contributed by atoms with E-state index in [1.54, 1.807) is 24.3 Å². The fourth-order valence-corrected chi connectivity index (χ4v) is 4.87. The number of benzene rings is 3. The standard InChI is InChI=1S/C25H24F3N5O2S/c1-33(2)23-19-7-3-5-9-21(19)31-24(32-23)29-15-17-11-13-18(14-12-17)16-30-36(34,35)22-10-6-4-8-20(22)25(26,27)28/h3-14,30H,15-16H2,1-2H3,(H,29,31,32). The molecule has 0 saturated heterocycles. The third kappa shape index (κ3) is 5.74. The van der Waals surface area contributed by atoms with Gasteiger partial charge in [0.2, 0.25) is 16.0 Å². The maximum Gasteiger partial charge on any atom is 0.417 e. The number of aromatic nitrogens is 2. The van der Waals surface area contributed by atoms with Crippen molar-refractivity contribution in [3.63, 3.8) is 0 Å². The van der Waals surface area contributed by atoms with E-state index >= 15 is 0 Å². The van der Waals surface area contributed by atoms with Gasteiger partial charge in [0.15, 0.2) is 0 Å². The van der Waals surface area contributed by atoms with Gasteiger partial charge in [-0.05, 0) is 35.4 Å². The lowest BCUT2D eigenvalue weighted by molar-refractivity contribution is -0.139. The Bertz CT molecular complexity index is 1470. The van der Waals surface area contributed by atoms with Gasteiger partial charge in [0.25, 0.3) is 0 Å². The largest absolute Gasteiger partial charge is 0.417 e. The quantitative estimate of drug-likeness (QED) is 0.350. The summed E-state index contributed by atoms with van der Waals surface area (Å²) in [5.41, 5.74) is 1.11. The van der Waals surface area contributed by atoms with Crippen LogP contribution in [-0.4, -0.2) is 32.5 Å². The SMILES string of the molecule is CN(C)c1nc(NCc2ccc(CNS(=O)(=O)c3ccccc3C(F)(F)F)cc2)nc2ccccc12. The zero-order valence-corrected chi connectivity index (χ0v) is 20.4. The van der Waals surface area contributed by atoms with E-state index in [1.165, 1.54) is 6.07 Å². The van der Waals surface area contributed by atoms with Crippen molar-refractivity contribution < 1.29 is 21.6 Å². The highest BCUT2D eigenvalue weighted by molar-refractivity contribution is 7.89. The molecule has 0 aliphatic carbocycles. The van der Waals surface area contributed by atoms with Crippen molar-refractivity contribution in [2.75, 3.05) is 24.3 Å². The number of para-hydroxylation sites is 1. The van der Waals surface area contributed by atoms with Gasteiger partial charge in [0.1, 0.15) is 5.82 Å². The van der Waals surface area contributed by atoms with Gasteiger partial charge in [-0.2, -0.15) is 18.2 Å². The number of fused-ring (bicyclic) bond motifs is 1. The van der Waals surface area contributed by atoms with Crippen molar-refractivity contribution >= 4 is 32.7 Å². The predicted octanol–water partition coefficient (Wildman–Crippen LogP) is 4.81. The number of nitrogens with one attached hydrogen (secondary N) is 2. The highest BCUT2D eigenvalue weighted by Gasteiger charge is 2.36. The molecule has 0 unspecified atom stereocenters. The average Bonchev–Trinajstić information content (AvgIpc) is 2.86. The number of hydrogen-bond donors (Lipinski definition) is 2. The molecular formula is C25H24F3N5O2S. The molecule has 1 heterocycles. The zero-order chi connectivity index (χ0) is 25.9. The van der Waals surface area contributed by atoms with E-state index in [0.29, 0.717) is 18.1 Å². The molecule has 36 heavy (non-hydrogen) atoms. The summed E-state index contributed by atoms with van der Waals surface area (Å²) in [6.45, 7) is 0.276. The summed E-state index contributed by atoms with van der Waals surface area (Å²) in [6.07, 6.45) is -4.78. The first-order valence-corrected chi connectivity index (χ1v) is 12.4. The lowest BCUT2D eigenvalue weighted by Crippen LogP contribution is -2.26. The Kier molecular flexibility index (Phi) is 7.14. The van der Waals surface area contributed by atoms with Crippen molar-refractivity contribution in [2.45, 2.75) is 24.2 Å². The number of sulfonamides is 1. The maximum absolute atomic E-state index is 13.2. The lowest BCUT2D eigenvalue weighted by Gasteiger charge is -2.16. The van der Waals surface area contributed by atoms with Crippen molar-refractivity contribution in [1.82, 2.24) is 14.7 Å². The number of rotatable bonds is 8. The first kappa shape index (κ1) is 25.4. The number of halogens is 3. The van der Waals surface area contributed by atoms with Crippen molar-refractivity contribution in [3.8, 4) is 0 Å². The minimum Gasteiger partial charge on any atom is -0.362 e. The Morgan fingerprint density at radius 1 is 0.833 bits per heavy atom. The van der Waals surface area contributed by atoms with Gasteiger partial charge in [-0.25, -0.2) is 18.1 Å². The molecule has 0 bridgehead atoms. The van der Waals surface area contributed by atoms with Gasteiger partial charge in [0.05, 0.1) is 16.0 Å². The average molecular weight is 516 g/mol. The Balaban J connectivity index is 1.42. The second-order valence-electron chi connectivity index (χ2n) is 8.27. The fraction of sp³-hybridized carbons (Fsp3) is 0.200. The molecule has 2 N–H and O–H groups in total. The molecule has 0 amide bonds. The molecule has 0 atom stereocenters. The van der Waals surface area contributed by atoms with Crippen molar-refractivity contribution in [2.24, 2.45) is 0 Å². The summed E-state index contributed by atoms with van der Waals surface area (Å²) in [5.74, 6) is 1.26.